The summed E-state index contributed by atoms with van der Waals surface area (Å²) in [5.41, 5.74) is 0.716. The van der Waals surface area contributed by atoms with Crippen LogP contribution >= 0.6 is 0 Å². The lowest BCUT2D eigenvalue weighted by Crippen LogP contribution is -2.56. The molecule has 2 fully saturated rings. The third-order valence-electron chi connectivity index (χ3n) is 4.81. The molecule has 0 spiro atoms. The van der Waals surface area contributed by atoms with Crippen molar-refractivity contribution in [2.75, 3.05) is 19.1 Å². The number of hydrogen-bond donors (Lipinski definition) is 1. The van der Waals surface area contributed by atoms with E-state index in [9.17, 15) is 4.39 Å². The lowest BCUT2D eigenvalue weighted by atomic mass is 9.81. The average Bonchev–Trinajstić information content (AvgIpc) is 2.46. The van der Waals surface area contributed by atoms with Gasteiger partial charge in [0, 0.05) is 24.2 Å². The molecule has 1 N–H and O–H groups in total. The summed E-state index contributed by atoms with van der Waals surface area (Å²) in [6.45, 7) is 0. The second-order valence-corrected chi connectivity index (χ2v) is 5.92. The Morgan fingerprint density at radius 3 is 2.55 bits per heavy atom. The van der Waals surface area contributed by atoms with E-state index in [0.717, 1.165) is 31.4 Å². The smallest absolute Gasteiger partial charge is 0.146 e. The molecule has 2 atom stereocenters. The first-order chi connectivity index (χ1) is 9.72. The van der Waals surface area contributed by atoms with Crippen LogP contribution in [-0.2, 0) is 0 Å². The molecule has 2 aliphatic rings. The van der Waals surface area contributed by atoms with Crippen LogP contribution in [0.5, 0.6) is 5.75 Å². The Morgan fingerprint density at radius 2 is 1.95 bits per heavy atom. The summed E-state index contributed by atoms with van der Waals surface area (Å²) < 4.78 is 19.5. The summed E-state index contributed by atoms with van der Waals surface area (Å²) in [7, 11) is 3.66. The van der Waals surface area contributed by atoms with Gasteiger partial charge in [0.25, 0.3) is 0 Å². The largest absolute Gasteiger partial charge is 0.497 e. The molecule has 1 aromatic rings. The van der Waals surface area contributed by atoms with Gasteiger partial charge in [-0.3, -0.25) is 0 Å². The minimum atomic E-state index is -0.134. The first-order valence-corrected chi connectivity index (χ1v) is 7.52. The van der Waals surface area contributed by atoms with Crippen molar-refractivity contribution in [3.8, 4) is 5.75 Å². The normalized spacial score (nSPS) is 29.4. The van der Waals surface area contributed by atoms with E-state index in [0.29, 0.717) is 23.8 Å². The molecular weight excluding hydrogens is 255 g/mol. The van der Waals surface area contributed by atoms with E-state index in [1.807, 2.05) is 13.1 Å². The predicted molar refractivity (Wildman–Crippen MR) is 78.9 cm³/mol. The minimum Gasteiger partial charge on any atom is -0.497 e. The molecule has 4 heteroatoms. The van der Waals surface area contributed by atoms with Crippen LogP contribution in [0.15, 0.2) is 18.2 Å². The number of piperidine rings is 2. The van der Waals surface area contributed by atoms with Crippen molar-refractivity contribution in [3.63, 3.8) is 0 Å². The number of fused-ring (bicyclic) bond motifs is 2. The van der Waals surface area contributed by atoms with Crippen molar-refractivity contribution in [1.29, 1.82) is 0 Å². The number of nitrogens with one attached hydrogen (secondary N) is 1. The highest BCUT2D eigenvalue weighted by atomic mass is 19.1. The fourth-order valence-electron chi connectivity index (χ4n) is 3.83. The molecule has 110 valence electrons. The van der Waals surface area contributed by atoms with Crippen molar-refractivity contribution in [1.82, 2.24) is 5.32 Å². The Kier molecular flexibility index (Phi) is 3.83. The molecule has 0 aromatic heterocycles. The van der Waals surface area contributed by atoms with Crippen LogP contribution < -0.4 is 15.0 Å². The highest BCUT2D eigenvalue weighted by molar-refractivity contribution is 5.54. The Bertz CT molecular complexity index is 466. The van der Waals surface area contributed by atoms with Gasteiger partial charge in [-0.15, -0.1) is 0 Å². The van der Waals surface area contributed by atoms with Gasteiger partial charge in [0.2, 0.25) is 0 Å². The zero-order chi connectivity index (χ0) is 14.1. The van der Waals surface area contributed by atoms with E-state index in [1.54, 1.807) is 13.2 Å². The van der Waals surface area contributed by atoms with Crippen molar-refractivity contribution < 1.29 is 9.13 Å². The fourth-order valence-corrected chi connectivity index (χ4v) is 3.83. The number of hydrogen-bond acceptors (Lipinski definition) is 3. The lowest BCUT2D eigenvalue weighted by Gasteiger charge is -2.50. The first-order valence-electron chi connectivity index (χ1n) is 7.52. The molecular formula is C16H23FN2O. The predicted octanol–water partition coefficient (Wildman–Crippen LogP) is 2.94. The second kappa shape index (κ2) is 5.60. The summed E-state index contributed by atoms with van der Waals surface area (Å²) in [6.07, 6.45) is 5.78. The Labute approximate surface area is 120 Å². The van der Waals surface area contributed by atoms with Gasteiger partial charge in [-0.1, -0.05) is 0 Å². The highest BCUT2D eigenvalue weighted by Gasteiger charge is 2.38. The Morgan fingerprint density at radius 1 is 1.25 bits per heavy atom. The number of benzene rings is 1. The Balaban J connectivity index is 1.93. The Hall–Kier alpha value is -1.29. The standard InChI is InChI=1S/C16H23FN2O/c1-18-11-8-12-4-3-5-13(9-11)19(12)16-10-14(20-2)6-7-15(16)17/h6-7,10-13,18H,3-5,8-9H2,1-2H3. The molecule has 1 aromatic carbocycles. The molecule has 0 radical (unpaired) electrons. The first kappa shape index (κ1) is 13.7. The van der Waals surface area contributed by atoms with E-state index in [2.05, 4.69) is 10.2 Å². The molecule has 2 saturated heterocycles. The fraction of sp³-hybridized carbons (Fsp3) is 0.625. The van der Waals surface area contributed by atoms with E-state index in [-0.39, 0.29) is 5.82 Å². The molecule has 0 saturated carbocycles. The molecule has 3 nitrogen and oxygen atoms in total. The minimum absolute atomic E-state index is 0.134. The van der Waals surface area contributed by atoms with Crippen LogP contribution in [0.1, 0.15) is 32.1 Å². The van der Waals surface area contributed by atoms with E-state index >= 15 is 0 Å². The van der Waals surface area contributed by atoms with Crippen LogP contribution in [0.3, 0.4) is 0 Å². The van der Waals surface area contributed by atoms with Crippen LogP contribution in [-0.4, -0.2) is 32.3 Å². The number of anilines is 1. The van der Waals surface area contributed by atoms with Crippen molar-refractivity contribution in [2.24, 2.45) is 0 Å². The molecule has 2 aliphatic heterocycles. The van der Waals surface area contributed by atoms with Gasteiger partial charge in [-0.05, 0) is 51.3 Å². The quantitative estimate of drug-likeness (QED) is 0.920. The van der Waals surface area contributed by atoms with Gasteiger partial charge in [0.15, 0.2) is 0 Å². The monoisotopic (exact) mass is 278 g/mol. The number of ether oxygens (including phenoxy) is 1. The molecule has 0 aliphatic carbocycles. The summed E-state index contributed by atoms with van der Waals surface area (Å²) in [5, 5.41) is 3.40. The van der Waals surface area contributed by atoms with Crippen LogP contribution in [0.2, 0.25) is 0 Å². The summed E-state index contributed by atoms with van der Waals surface area (Å²) >= 11 is 0. The van der Waals surface area contributed by atoms with E-state index in [4.69, 9.17) is 4.74 Å². The molecule has 2 bridgehead atoms. The van der Waals surface area contributed by atoms with Gasteiger partial charge in [0.05, 0.1) is 12.8 Å². The van der Waals surface area contributed by atoms with Gasteiger partial charge in [-0.25, -0.2) is 4.39 Å². The summed E-state index contributed by atoms with van der Waals surface area (Å²) in [4.78, 5) is 2.31. The van der Waals surface area contributed by atoms with Crippen molar-refractivity contribution in [2.45, 2.75) is 50.2 Å². The topological polar surface area (TPSA) is 24.5 Å². The lowest BCUT2D eigenvalue weighted by molar-refractivity contribution is 0.250. The highest BCUT2D eigenvalue weighted by Crippen LogP contribution is 2.39. The zero-order valence-corrected chi connectivity index (χ0v) is 12.2. The van der Waals surface area contributed by atoms with Crippen LogP contribution in [0, 0.1) is 5.82 Å². The number of methoxy groups -OCH3 is 1. The number of halogens is 1. The third kappa shape index (κ3) is 2.37. The number of nitrogens with zero attached hydrogens (tertiary/aromatic N) is 1. The molecule has 2 unspecified atom stereocenters. The SMILES string of the molecule is CNC1CC2CCCC(C1)N2c1cc(OC)ccc1F. The van der Waals surface area contributed by atoms with Gasteiger partial charge in [0.1, 0.15) is 11.6 Å². The maximum atomic E-state index is 14.3. The maximum absolute atomic E-state index is 14.3. The molecule has 2 heterocycles. The zero-order valence-electron chi connectivity index (χ0n) is 12.2. The van der Waals surface area contributed by atoms with Gasteiger partial charge < -0.3 is 15.0 Å². The van der Waals surface area contributed by atoms with E-state index < -0.39 is 0 Å². The average molecular weight is 278 g/mol. The van der Waals surface area contributed by atoms with E-state index in [1.165, 1.54) is 12.5 Å². The van der Waals surface area contributed by atoms with Crippen molar-refractivity contribution >= 4 is 5.69 Å². The number of rotatable bonds is 3. The van der Waals surface area contributed by atoms with Gasteiger partial charge in [-0.2, -0.15) is 0 Å². The van der Waals surface area contributed by atoms with Gasteiger partial charge >= 0.3 is 0 Å². The summed E-state index contributed by atoms with van der Waals surface area (Å²) in [5.74, 6) is 0.598. The molecule has 3 rings (SSSR count). The third-order valence-corrected chi connectivity index (χ3v) is 4.81. The molecule has 20 heavy (non-hydrogen) atoms. The van der Waals surface area contributed by atoms with Crippen LogP contribution in [0.4, 0.5) is 10.1 Å². The summed E-state index contributed by atoms with van der Waals surface area (Å²) in [6, 6.07) is 6.52. The van der Waals surface area contributed by atoms with Crippen molar-refractivity contribution in [3.05, 3.63) is 24.0 Å². The molecule has 0 amide bonds. The maximum Gasteiger partial charge on any atom is 0.146 e. The van der Waals surface area contributed by atoms with Crippen LogP contribution in [0.25, 0.3) is 0 Å². The second-order valence-electron chi connectivity index (χ2n) is 5.92.